The number of aldehydes is 1. The molecular formula is C20H22O2. The molecule has 0 fully saturated rings. The lowest BCUT2D eigenvalue weighted by atomic mass is 9.90. The molecule has 0 spiro atoms. The molecule has 2 rings (SSSR count). The van der Waals surface area contributed by atoms with Crippen molar-refractivity contribution < 1.29 is 9.59 Å². The van der Waals surface area contributed by atoms with Gasteiger partial charge in [0.05, 0.1) is 0 Å². The molecule has 0 heterocycles. The highest BCUT2D eigenvalue weighted by Crippen LogP contribution is 2.29. The second kappa shape index (κ2) is 7.17. The van der Waals surface area contributed by atoms with Gasteiger partial charge >= 0.3 is 0 Å². The molecule has 0 N–H and O–H groups in total. The zero-order valence-corrected chi connectivity index (χ0v) is 13.5. The Labute approximate surface area is 132 Å². The molecule has 0 aliphatic rings. The monoisotopic (exact) mass is 294 g/mol. The number of benzene rings is 2. The summed E-state index contributed by atoms with van der Waals surface area (Å²) in [6.45, 7) is 6.06. The molecule has 2 nitrogen and oxygen atoms in total. The number of carbonyl (C=O) groups is 2. The van der Waals surface area contributed by atoms with E-state index >= 15 is 0 Å². The fourth-order valence-corrected chi connectivity index (χ4v) is 2.71. The molecule has 114 valence electrons. The lowest BCUT2D eigenvalue weighted by Crippen LogP contribution is -2.00. The first kappa shape index (κ1) is 16.2. The second-order valence-corrected chi connectivity index (χ2v) is 5.59. The first-order chi connectivity index (χ1) is 10.6. The molecule has 0 bridgehead atoms. The van der Waals surface area contributed by atoms with Crippen LogP contribution in [0.1, 0.15) is 58.5 Å². The topological polar surface area (TPSA) is 34.1 Å². The zero-order chi connectivity index (χ0) is 16.1. The molecule has 2 aromatic carbocycles. The normalized spacial score (nSPS) is 10.5. The molecule has 22 heavy (non-hydrogen) atoms. The second-order valence-electron chi connectivity index (χ2n) is 5.59. The van der Waals surface area contributed by atoms with Gasteiger partial charge in [0.15, 0.2) is 5.78 Å². The fourth-order valence-electron chi connectivity index (χ4n) is 2.71. The van der Waals surface area contributed by atoms with Crippen LogP contribution in [0, 0.1) is 6.92 Å². The van der Waals surface area contributed by atoms with Crippen LogP contribution in [0.5, 0.6) is 0 Å². The highest BCUT2D eigenvalue weighted by Gasteiger charge is 2.11. The van der Waals surface area contributed by atoms with Crippen LogP contribution >= 0.6 is 0 Å². The van der Waals surface area contributed by atoms with Crippen molar-refractivity contribution in [1.29, 1.82) is 0 Å². The highest BCUT2D eigenvalue weighted by molar-refractivity contribution is 5.96. The van der Waals surface area contributed by atoms with Gasteiger partial charge in [-0.2, -0.15) is 0 Å². The molecule has 0 unspecified atom stereocenters. The van der Waals surface area contributed by atoms with E-state index in [1.54, 1.807) is 0 Å². The Balaban J connectivity index is 2.59. The van der Waals surface area contributed by atoms with E-state index in [2.05, 4.69) is 6.92 Å². The molecule has 0 atom stereocenters. The number of hydrogen-bond acceptors (Lipinski definition) is 2. The van der Waals surface area contributed by atoms with Crippen molar-refractivity contribution >= 4 is 12.1 Å². The smallest absolute Gasteiger partial charge is 0.162 e. The van der Waals surface area contributed by atoms with Crippen molar-refractivity contribution in [2.75, 3.05) is 0 Å². The Bertz CT molecular complexity index is 699. The minimum Gasteiger partial charge on any atom is -0.298 e. The molecular weight excluding hydrogens is 272 g/mol. The minimum atomic E-state index is 0.169. The van der Waals surface area contributed by atoms with Gasteiger partial charge in [-0.3, -0.25) is 9.59 Å². The van der Waals surface area contributed by atoms with Gasteiger partial charge in [-0.05, 0) is 47.7 Å². The molecule has 0 amide bonds. The lowest BCUT2D eigenvalue weighted by Gasteiger charge is -2.14. The van der Waals surface area contributed by atoms with E-state index in [1.807, 2.05) is 50.2 Å². The molecule has 0 saturated heterocycles. The Morgan fingerprint density at radius 1 is 1.05 bits per heavy atom. The maximum Gasteiger partial charge on any atom is 0.162 e. The van der Waals surface area contributed by atoms with Crippen LogP contribution < -0.4 is 0 Å². The molecule has 2 heteroatoms. The average Bonchev–Trinajstić information content (AvgIpc) is 2.55. The van der Waals surface area contributed by atoms with Gasteiger partial charge in [-0.1, -0.05) is 44.5 Å². The first-order valence-electron chi connectivity index (χ1n) is 7.83. The number of hydrogen-bond donors (Lipinski definition) is 0. The summed E-state index contributed by atoms with van der Waals surface area (Å²) in [5, 5.41) is 0. The predicted molar refractivity (Wildman–Crippen MR) is 90.6 cm³/mol. The number of Topliss-reactive ketones (excluding diaryl/α,β-unsaturated/α-hetero) is 1. The van der Waals surface area contributed by atoms with Crippen LogP contribution in [0.25, 0.3) is 11.1 Å². The van der Waals surface area contributed by atoms with E-state index in [1.165, 1.54) is 5.56 Å². The summed E-state index contributed by atoms with van der Waals surface area (Å²) >= 11 is 0. The molecule has 0 aliphatic carbocycles. The van der Waals surface area contributed by atoms with Gasteiger partial charge < -0.3 is 0 Å². The number of ketones is 1. The van der Waals surface area contributed by atoms with E-state index in [-0.39, 0.29) is 5.78 Å². The van der Waals surface area contributed by atoms with Crippen LogP contribution in [0.3, 0.4) is 0 Å². The van der Waals surface area contributed by atoms with Gasteiger partial charge in [0.1, 0.15) is 6.29 Å². The largest absolute Gasteiger partial charge is 0.298 e. The van der Waals surface area contributed by atoms with Crippen molar-refractivity contribution in [3.05, 3.63) is 58.7 Å². The predicted octanol–water partition coefficient (Wildman–Crippen LogP) is 5.02. The van der Waals surface area contributed by atoms with Gasteiger partial charge in [0.2, 0.25) is 0 Å². The summed E-state index contributed by atoms with van der Waals surface area (Å²) in [5.74, 6) is 0.169. The van der Waals surface area contributed by atoms with Crippen LogP contribution in [-0.2, 0) is 6.42 Å². The summed E-state index contributed by atoms with van der Waals surface area (Å²) in [7, 11) is 0. The van der Waals surface area contributed by atoms with Crippen LogP contribution in [0.4, 0.5) is 0 Å². The van der Waals surface area contributed by atoms with Crippen molar-refractivity contribution in [2.45, 2.75) is 40.0 Å². The van der Waals surface area contributed by atoms with Gasteiger partial charge in [0, 0.05) is 17.5 Å². The van der Waals surface area contributed by atoms with Gasteiger partial charge in [-0.25, -0.2) is 0 Å². The van der Waals surface area contributed by atoms with Gasteiger partial charge in [-0.15, -0.1) is 0 Å². The Kier molecular flexibility index (Phi) is 5.26. The summed E-state index contributed by atoms with van der Waals surface area (Å²) in [5.41, 5.74) is 5.96. The highest BCUT2D eigenvalue weighted by atomic mass is 16.1. The van der Waals surface area contributed by atoms with E-state index in [0.29, 0.717) is 12.0 Å². The summed E-state index contributed by atoms with van der Waals surface area (Å²) < 4.78 is 0. The van der Waals surface area contributed by atoms with E-state index in [9.17, 15) is 9.59 Å². The van der Waals surface area contributed by atoms with Crippen molar-refractivity contribution in [3.8, 4) is 11.1 Å². The summed E-state index contributed by atoms with van der Waals surface area (Å²) in [4.78, 5) is 23.0. The molecule has 0 radical (unpaired) electrons. The minimum absolute atomic E-state index is 0.169. The third-order valence-electron chi connectivity index (χ3n) is 3.96. The maximum atomic E-state index is 11.9. The summed E-state index contributed by atoms with van der Waals surface area (Å²) in [6.07, 6.45) is 3.33. The number of carbonyl (C=O) groups excluding carboxylic acids is 2. The molecule has 0 aromatic heterocycles. The Morgan fingerprint density at radius 2 is 1.82 bits per heavy atom. The Morgan fingerprint density at radius 3 is 2.45 bits per heavy atom. The summed E-state index contributed by atoms with van der Waals surface area (Å²) in [6, 6.07) is 11.7. The van der Waals surface area contributed by atoms with E-state index in [0.717, 1.165) is 41.4 Å². The zero-order valence-electron chi connectivity index (χ0n) is 13.5. The third-order valence-corrected chi connectivity index (χ3v) is 3.96. The quantitative estimate of drug-likeness (QED) is 0.553. The molecule has 0 aliphatic heterocycles. The van der Waals surface area contributed by atoms with Crippen molar-refractivity contribution in [3.63, 3.8) is 0 Å². The standard InChI is InChI=1S/C20H22O2/c1-4-6-16-12-17(20(22)5-2)9-10-18(16)19-11-15(13-21)8-7-14(19)3/h7-13H,4-6H2,1-3H3. The first-order valence-corrected chi connectivity index (χ1v) is 7.83. The lowest BCUT2D eigenvalue weighted by molar-refractivity contribution is 0.0987. The average molecular weight is 294 g/mol. The molecule has 0 saturated carbocycles. The van der Waals surface area contributed by atoms with E-state index in [4.69, 9.17) is 0 Å². The third kappa shape index (κ3) is 3.33. The number of rotatable bonds is 6. The van der Waals surface area contributed by atoms with Crippen LogP contribution in [0.15, 0.2) is 36.4 Å². The van der Waals surface area contributed by atoms with E-state index < -0.39 is 0 Å². The van der Waals surface area contributed by atoms with Crippen molar-refractivity contribution in [2.24, 2.45) is 0 Å². The van der Waals surface area contributed by atoms with Crippen molar-refractivity contribution in [1.82, 2.24) is 0 Å². The maximum absolute atomic E-state index is 11.9. The fraction of sp³-hybridized carbons (Fsp3) is 0.300. The molecule has 2 aromatic rings. The van der Waals surface area contributed by atoms with Gasteiger partial charge in [0.25, 0.3) is 0 Å². The van der Waals surface area contributed by atoms with Crippen LogP contribution in [0.2, 0.25) is 0 Å². The van der Waals surface area contributed by atoms with Crippen LogP contribution in [-0.4, -0.2) is 12.1 Å². The number of aryl methyl sites for hydroxylation is 2. The SMILES string of the molecule is CCCc1cc(C(=O)CC)ccc1-c1cc(C=O)ccc1C. The Hall–Kier alpha value is -2.22.